The predicted molar refractivity (Wildman–Crippen MR) is 115 cm³/mol. The molecule has 0 amide bonds. The molecule has 2 aromatic rings. The van der Waals surface area contributed by atoms with Crippen molar-refractivity contribution in [3.8, 4) is 5.75 Å². The van der Waals surface area contributed by atoms with Crippen LogP contribution < -0.4 is 15.4 Å². The molecule has 0 atom stereocenters. The number of aromatic nitrogens is 2. The van der Waals surface area contributed by atoms with E-state index in [0.717, 1.165) is 23.3 Å². The zero-order valence-electron chi connectivity index (χ0n) is 17.8. The molecule has 0 spiro atoms. The quantitative estimate of drug-likeness (QED) is 0.179. The molecule has 2 N–H and O–H groups in total. The van der Waals surface area contributed by atoms with Crippen molar-refractivity contribution < 1.29 is 14.4 Å². The number of methoxy groups -OCH3 is 1. The monoisotopic (exact) mass is 418 g/mol. The summed E-state index contributed by atoms with van der Waals surface area (Å²) in [5.74, 6) is 1.49. The third-order valence-electron chi connectivity index (χ3n) is 4.19. The Morgan fingerprint density at radius 1 is 1.33 bits per heavy atom. The highest BCUT2D eigenvalue weighted by atomic mass is 16.6. The third-order valence-corrected chi connectivity index (χ3v) is 4.19. The maximum atomic E-state index is 10.7. The van der Waals surface area contributed by atoms with Crippen molar-refractivity contribution in [2.24, 2.45) is 4.99 Å². The summed E-state index contributed by atoms with van der Waals surface area (Å²) in [5, 5.41) is 21.1. The lowest BCUT2D eigenvalue weighted by Gasteiger charge is -2.13. The van der Waals surface area contributed by atoms with Crippen LogP contribution in [0.1, 0.15) is 24.5 Å². The van der Waals surface area contributed by atoms with Crippen LogP contribution in [0.3, 0.4) is 0 Å². The van der Waals surface area contributed by atoms with Gasteiger partial charge in [-0.15, -0.1) is 0 Å². The Morgan fingerprint density at radius 2 is 2.17 bits per heavy atom. The molecule has 0 aliphatic carbocycles. The topological polar surface area (TPSA) is 116 Å². The summed E-state index contributed by atoms with van der Waals surface area (Å²) in [6.45, 7) is 7.45. The molecule has 30 heavy (non-hydrogen) atoms. The first kappa shape index (κ1) is 23.1. The van der Waals surface area contributed by atoms with Gasteiger partial charge in [0.25, 0.3) is 0 Å². The van der Waals surface area contributed by atoms with Crippen molar-refractivity contribution >= 4 is 11.6 Å². The summed E-state index contributed by atoms with van der Waals surface area (Å²) in [7, 11) is 1.68. The Balaban J connectivity index is 1.95. The van der Waals surface area contributed by atoms with Gasteiger partial charge in [0.05, 0.1) is 24.6 Å². The first-order valence-electron chi connectivity index (χ1n) is 9.93. The van der Waals surface area contributed by atoms with E-state index >= 15 is 0 Å². The van der Waals surface area contributed by atoms with Crippen LogP contribution in [0.2, 0.25) is 0 Å². The van der Waals surface area contributed by atoms with Gasteiger partial charge in [-0.1, -0.05) is 12.1 Å². The summed E-state index contributed by atoms with van der Waals surface area (Å²) >= 11 is 0. The normalized spacial score (nSPS) is 11.4. The number of rotatable bonds is 12. The molecule has 0 aliphatic heterocycles. The van der Waals surface area contributed by atoms with Crippen molar-refractivity contribution in [2.75, 3.05) is 33.4 Å². The van der Waals surface area contributed by atoms with Gasteiger partial charge in [-0.05, 0) is 25.5 Å². The maximum Gasteiger partial charge on any atom is 0.306 e. The summed E-state index contributed by atoms with van der Waals surface area (Å²) in [4.78, 5) is 14.9. The van der Waals surface area contributed by atoms with Crippen molar-refractivity contribution in [3.05, 3.63) is 51.8 Å². The number of nitrogens with one attached hydrogen (secondary N) is 2. The zero-order chi connectivity index (χ0) is 21.8. The lowest BCUT2D eigenvalue weighted by molar-refractivity contribution is -0.385. The predicted octanol–water partition coefficient (Wildman–Crippen LogP) is 2.27. The van der Waals surface area contributed by atoms with E-state index in [4.69, 9.17) is 9.47 Å². The number of nitro groups is 1. The van der Waals surface area contributed by atoms with Gasteiger partial charge in [0.15, 0.2) is 5.96 Å². The number of guanidine groups is 1. The van der Waals surface area contributed by atoms with Crippen LogP contribution in [0.15, 0.2) is 35.6 Å². The van der Waals surface area contributed by atoms with Gasteiger partial charge in [-0.3, -0.25) is 14.8 Å². The molecule has 164 valence electrons. The Morgan fingerprint density at radius 3 is 2.87 bits per heavy atom. The van der Waals surface area contributed by atoms with E-state index in [1.807, 2.05) is 32.0 Å². The molecule has 2 rings (SSSR count). The number of benzene rings is 1. The molecule has 0 radical (unpaired) electrons. The fraction of sp³-hybridized carbons (Fsp3) is 0.500. The van der Waals surface area contributed by atoms with E-state index in [-0.39, 0.29) is 5.69 Å². The second-order valence-electron chi connectivity index (χ2n) is 6.65. The molecule has 0 saturated heterocycles. The molecule has 1 aromatic heterocycles. The molecule has 1 aromatic carbocycles. The standard InChI is InChI=1S/C20H30N6O4/c1-4-21-20(22-8-9-25-15-18(14-24-25)26(27)28)23-13-17-7-6-16(2)12-19(17)30-11-5-10-29-3/h6-7,12,14-15H,4-5,8-11,13H2,1-3H3,(H2,21,22,23). The van der Waals surface area contributed by atoms with E-state index in [9.17, 15) is 10.1 Å². The van der Waals surface area contributed by atoms with Crippen LogP contribution in [0.25, 0.3) is 0 Å². The number of aliphatic imine (C=N–C) groups is 1. The maximum absolute atomic E-state index is 10.7. The lowest BCUT2D eigenvalue weighted by atomic mass is 10.1. The lowest BCUT2D eigenvalue weighted by Crippen LogP contribution is -2.38. The van der Waals surface area contributed by atoms with E-state index in [1.165, 1.54) is 17.1 Å². The van der Waals surface area contributed by atoms with Gasteiger partial charge in [0.1, 0.15) is 18.1 Å². The van der Waals surface area contributed by atoms with Crippen LogP contribution >= 0.6 is 0 Å². The minimum atomic E-state index is -0.459. The molecule has 0 saturated carbocycles. The van der Waals surface area contributed by atoms with Crippen molar-refractivity contribution in [3.63, 3.8) is 0 Å². The number of ether oxygens (including phenoxy) is 2. The minimum Gasteiger partial charge on any atom is -0.493 e. The SMILES string of the molecule is CCNC(=NCc1ccc(C)cc1OCCCOC)NCCn1cc([N+](=O)[O-])cn1. The number of aryl methyl sites for hydroxylation is 1. The highest BCUT2D eigenvalue weighted by Crippen LogP contribution is 2.21. The number of hydrogen-bond acceptors (Lipinski definition) is 6. The molecule has 10 heteroatoms. The molecule has 1 heterocycles. The second-order valence-corrected chi connectivity index (χ2v) is 6.65. The van der Waals surface area contributed by atoms with Crippen molar-refractivity contribution in [1.82, 2.24) is 20.4 Å². The highest BCUT2D eigenvalue weighted by Gasteiger charge is 2.09. The average Bonchev–Trinajstić information content (AvgIpc) is 3.20. The van der Waals surface area contributed by atoms with Gasteiger partial charge in [-0.2, -0.15) is 5.10 Å². The first-order chi connectivity index (χ1) is 14.5. The smallest absolute Gasteiger partial charge is 0.306 e. The van der Waals surface area contributed by atoms with Crippen LogP contribution in [-0.4, -0.2) is 54.1 Å². The largest absolute Gasteiger partial charge is 0.493 e. The van der Waals surface area contributed by atoms with E-state index in [0.29, 0.717) is 45.4 Å². The van der Waals surface area contributed by atoms with Crippen LogP contribution in [0, 0.1) is 17.0 Å². The summed E-state index contributed by atoms with van der Waals surface area (Å²) in [6, 6.07) is 6.08. The van der Waals surface area contributed by atoms with Crippen molar-refractivity contribution in [1.29, 1.82) is 0 Å². The van der Waals surface area contributed by atoms with Crippen LogP contribution in [0.5, 0.6) is 5.75 Å². The van der Waals surface area contributed by atoms with Crippen LogP contribution in [-0.2, 0) is 17.8 Å². The van der Waals surface area contributed by atoms with E-state index in [2.05, 4.69) is 20.7 Å². The summed E-state index contributed by atoms with van der Waals surface area (Å²) in [6.07, 6.45) is 3.47. The molecule has 0 fully saturated rings. The zero-order valence-corrected chi connectivity index (χ0v) is 17.8. The number of nitrogens with zero attached hydrogens (tertiary/aromatic N) is 4. The Bertz CT molecular complexity index is 836. The summed E-state index contributed by atoms with van der Waals surface area (Å²) in [5.41, 5.74) is 2.11. The van der Waals surface area contributed by atoms with Crippen LogP contribution in [0.4, 0.5) is 5.69 Å². The Hall–Kier alpha value is -3.14. The average molecular weight is 418 g/mol. The molecular formula is C20H30N6O4. The fourth-order valence-electron chi connectivity index (χ4n) is 2.68. The third kappa shape index (κ3) is 7.70. The highest BCUT2D eigenvalue weighted by molar-refractivity contribution is 5.79. The van der Waals surface area contributed by atoms with Gasteiger partial charge in [-0.25, -0.2) is 4.99 Å². The van der Waals surface area contributed by atoms with Gasteiger partial charge in [0, 0.05) is 38.8 Å². The Labute approximate surface area is 176 Å². The second kappa shape index (κ2) is 12.4. The van der Waals surface area contributed by atoms with Gasteiger partial charge in [0.2, 0.25) is 0 Å². The van der Waals surface area contributed by atoms with E-state index in [1.54, 1.807) is 7.11 Å². The molecular weight excluding hydrogens is 388 g/mol. The van der Waals surface area contributed by atoms with Crippen molar-refractivity contribution in [2.45, 2.75) is 33.4 Å². The molecule has 0 aliphatic rings. The minimum absolute atomic E-state index is 0.0204. The molecule has 10 nitrogen and oxygen atoms in total. The Kier molecular flexibility index (Phi) is 9.59. The molecule has 0 unspecified atom stereocenters. The van der Waals surface area contributed by atoms with Gasteiger partial charge >= 0.3 is 5.69 Å². The van der Waals surface area contributed by atoms with Gasteiger partial charge < -0.3 is 20.1 Å². The molecule has 0 bridgehead atoms. The van der Waals surface area contributed by atoms with E-state index < -0.39 is 4.92 Å². The number of hydrogen-bond donors (Lipinski definition) is 2. The fourth-order valence-corrected chi connectivity index (χ4v) is 2.68. The summed E-state index contributed by atoms with van der Waals surface area (Å²) < 4.78 is 12.5. The first-order valence-corrected chi connectivity index (χ1v) is 9.93.